The summed E-state index contributed by atoms with van der Waals surface area (Å²) >= 11 is 5.49. The van der Waals surface area contributed by atoms with E-state index in [4.69, 9.17) is 11.6 Å². The summed E-state index contributed by atoms with van der Waals surface area (Å²) in [5.74, 6) is 0.574. The lowest BCUT2D eigenvalue weighted by atomic mass is 10.3. The van der Waals surface area contributed by atoms with Crippen molar-refractivity contribution in [2.45, 2.75) is 13.5 Å². The van der Waals surface area contributed by atoms with Gasteiger partial charge in [0.05, 0.1) is 5.69 Å². The molecule has 1 heterocycles. The largest absolute Gasteiger partial charge is 0.308 e. The lowest BCUT2D eigenvalue weighted by molar-refractivity contribution is 0.737. The predicted molar refractivity (Wildman–Crippen MR) is 60.5 cm³/mol. The van der Waals surface area contributed by atoms with Crippen LogP contribution in [0.25, 0.3) is 0 Å². The van der Waals surface area contributed by atoms with Gasteiger partial charge < -0.3 is 5.32 Å². The Hall–Kier alpha value is -0.860. The molecule has 0 aliphatic rings. The minimum atomic E-state index is 0.574. The van der Waals surface area contributed by atoms with Crippen molar-refractivity contribution < 1.29 is 0 Å². The molecule has 0 atom stereocenters. The molecule has 1 aromatic rings. The Morgan fingerprint density at radius 3 is 3.00 bits per heavy atom. The first-order valence-corrected chi connectivity index (χ1v) is 5.20. The number of aryl methyl sites for hydroxylation is 1. The number of nitrogens with zero attached hydrogens (tertiary/aromatic N) is 1. The smallest absolute Gasteiger partial charge is 0.0544 e. The highest BCUT2D eigenvalue weighted by atomic mass is 35.5. The number of hydrogen-bond acceptors (Lipinski definition) is 2. The molecule has 1 N–H and O–H groups in total. The van der Waals surface area contributed by atoms with Crippen LogP contribution in [0.1, 0.15) is 11.4 Å². The van der Waals surface area contributed by atoms with Crippen molar-refractivity contribution in [3.63, 3.8) is 0 Å². The highest BCUT2D eigenvalue weighted by molar-refractivity contribution is 6.18. The van der Waals surface area contributed by atoms with Crippen molar-refractivity contribution in [3.05, 3.63) is 41.7 Å². The average molecular weight is 211 g/mol. The van der Waals surface area contributed by atoms with Crippen LogP contribution in [0.4, 0.5) is 0 Å². The summed E-state index contributed by atoms with van der Waals surface area (Å²) in [5, 5.41) is 3.26. The number of aromatic nitrogens is 1. The lowest BCUT2D eigenvalue weighted by Gasteiger charge is -2.01. The molecule has 14 heavy (non-hydrogen) atoms. The number of rotatable bonds is 5. The van der Waals surface area contributed by atoms with Crippen LogP contribution >= 0.6 is 11.6 Å². The Labute approximate surface area is 90.0 Å². The van der Waals surface area contributed by atoms with E-state index in [0.717, 1.165) is 24.5 Å². The van der Waals surface area contributed by atoms with Crippen molar-refractivity contribution in [2.75, 3.05) is 12.4 Å². The van der Waals surface area contributed by atoms with Crippen molar-refractivity contribution in [3.8, 4) is 0 Å². The Morgan fingerprint density at radius 1 is 1.43 bits per heavy atom. The first-order valence-electron chi connectivity index (χ1n) is 4.67. The van der Waals surface area contributed by atoms with E-state index in [2.05, 4.69) is 10.3 Å². The highest BCUT2D eigenvalue weighted by Crippen LogP contribution is 1.96. The predicted octanol–water partition coefficient (Wildman–Crippen LogP) is 2.27. The lowest BCUT2D eigenvalue weighted by Crippen LogP contribution is -2.14. The van der Waals surface area contributed by atoms with E-state index in [1.54, 1.807) is 0 Å². The minimum Gasteiger partial charge on any atom is -0.308 e. The topological polar surface area (TPSA) is 24.9 Å². The molecule has 0 spiro atoms. The molecule has 0 saturated carbocycles. The minimum absolute atomic E-state index is 0.574. The number of allylic oxidation sites excluding steroid dienone is 1. The van der Waals surface area contributed by atoms with Crippen LogP contribution in [0.15, 0.2) is 30.4 Å². The van der Waals surface area contributed by atoms with Gasteiger partial charge in [0, 0.05) is 24.7 Å². The molecular weight excluding hydrogens is 196 g/mol. The van der Waals surface area contributed by atoms with Crippen LogP contribution in [0.3, 0.4) is 0 Å². The fourth-order valence-electron chi connectivity index (χ4n) is 1.13. The SMILES string of the molecule is Cc1cccc(CNC/C=C/CCl)n1. The maximum absolute atomic E-state index is 5.49. The second-order valence-electron chi connectivity index (χ2n) is 3.03. The van der Waals surface area contributed by atoms with Gasteiger partial charge in [-0.25, -0.2) is 0 Å². The second-order valence-corrected chi connectivity index (χ2v) is 3.34. The number of pyridine rings is 1. The maximum Gasteiger partial charge on any atom is 0.0544 e. The molecule has 1 aromatic heterocycles. The van der Waals surface area contributed by atoms with Crippen molar-refractivity contribution in [1.29, 1.82) is 0 Å². The summed E-state index contributed by atoms with van der Waals surface area (Å²) in [7, 11) is 0. The molecule has 3 heteroatoms. The van der Waals surface area contributed by atoms with Gasteiger partial charge in [-0.05, 0) is 19.1 Å². The molecule has 0 bridgehead atoms. The van der Waals surface area contributed by atoms with E-state index in [1.807, 2.05) is 37.3 Å². The van der Waals surface area contributed by atoms with Crippen molar-refractivity contribution in [1.82, 2.24) is 10.3 Å². The van der Waals surface area contributed by atoms with Gasteiger partial charge in [-0.1, -0.05) is 18.2 Å². The van der Waals surface area contributed by atoms with Crippen LogP contribution < -0.4 is 5.32 Å². The van der Waals surface area contributed by atoms with Gasteiger partial charge in [0.1, 0.15) is 0 Å². The third-order valence-corrected chi connectivity index (χ3v) is 1.95. The van der Waals surface area contributed by atoms with Crippen LogP contribution in [-0.4, -0.2) is 17.4 Å². The summed E-state index contributed by atoms with van der Waals surface area (Å²) in [4.78, 5) is 4.38. The molecule has 76 valence electrons. The van der Waals surface area contributed by atoms with Crippen molar-refractivity contribution >= 4 is 11.6 Å². The number of halogens is 1. The summed E-state index contributed by atoms with van der Waals surface area (Å²) in [6, 6.07) is 6.04. The molecule has 0 unspecified atom stereocenters. The summed E-state index contributed by atoms with van der Waals surface area (Å²) < 4.78 is 0. The Bertz CT molecular complexity index is 297. The first-order chi connectivity index (χ1) is 6.83. The van der Waals surface area contributed by atoms with Gasteiger partial charge in [0.15, 0.2) is 0 Å². The number of alkyl halides is 1. The zero-order valence-corrected chi connectivity index (χ0v) is 9.09. The van der Waals surface area contributed by atoms with E-state index in [-0.39, 0.29) is 0 Å². The van der Waals surface area contributed by atoms with E-state index >= 15 is 0 Å². The van der Waals surface area contributed by atoms with Gasteiger partial charge in [-0.2, -0.15) is 0 Å². The van der Waals surface area contributed by atoms with E-state index in [0.29, 0.717) is 5.88 Å². The molecule has 0 fully saturated rings. The van der Waals surface area contributed by atoms with Gasteiger partial charge in [0.2, 0.25) is 0 Å². The summed E-state index contributed by atoms with van der Waals surface area (Å²) in [6.07, 6.45) is 3.95. The fourth-order valence-corrected chi connectivity index (χ4v) is 1.25. The monoisotopic (exact) mass is 210 g/mol. The fraction of sp³-hybridized carbons (Fsp3) is 0.364. The van der Waals surface area contributed by atoms with Gasteiger partial charge >= 0.3 is 0 Å². The number of hydrogen-bond donors (Lipinski definition) is 1. The van der Waals surface area contributed by atoms with Gasteiger partial charge in [-0.3, -0.25) is 4.98 Å². The molecule has 2 nitrogen and oxygen atoms in total. The van der Waals surface area contributed by atoms with Crippen LogP contribution in [0.5, 0.6) is 0 Å². The molecule has 0 amide bonds. The highest BCUT2D eigenvalue weighted by Gasteiger charge is 1.92. The van der Waals surface area contributed by atoms with Crippen LogP contribution in [0.2, 0.25) is 0 Å². The third kappa shape index (κ3) is 4.40. The quantitative estimate of drug-likeness (QED) is 0.458. The molecule has 0 saturated heterocycles. The zero-order chi connectivity index (χ0) is 10.2. The average Bonchev–Trinajstić information content (AvgIpc) is 2.18. The summed E-state index contributed by atoms with van der Waals surface area (Å²) in [5.41, 5.74) is 2.13. The zero-order valence-electron chi connectivity index (χ0n) is 8.33. The maximum atomic E-state index is 5.49. The number of nitrogens with one attached hydrogen (secondary N) is 1. The molecule has 1 rings (SSSR count). The Balaban J connectivity index is 2.28. The molecule has 0 aliphatic heterocycles. The van der Waals surface area contributed by atoms with E-state index in [1.165, 1.54) is 0 Å². The first kappa shape index (κ1) is 11.2. The van der Waals surface area contributed by atoms with Gasteiger partial charge in [-0.15, -0.1) is 11.6 Å². The normalized spacial score (nSPS) is 11.0. The standard InChI is InChI=1S/C11H15ClN2/c1-10-5-4-6-11(14-10)9-13-8-3-2-7-12/h2-6,13H,7-9H2,1H3/b3-2+. The van der Waals surface area contributed by atoms with Crippen LogP contribution in [-0.2, 0) is 6.54 Å². The van der Waals surface area contributed by atoms with Gasteiger partial charge in [0.25, 0.3) is 0 Å². The molecule has 0 radical (unpaired) electrons. The Morgan fingerprint density at radius 2 is 2.29 bits per heavy atom. The molecular formula is C11H15ClN2. The second kappa shape index (κ2) is 6.57. The molecule has 0 aliphatic carbocycles. The summed E-state index contributed by atoms with van der Waals surface area (Å²) in [6.45, 7) is 3.63. The van der Waals surface area contributed by atoms with E-state index < -0.39 is 0 Å². The molecule has 0 aromatic carbocycles. The van der Waals surface area contributed by atoms with Crippen LogP contribution in [0, 0.1) is 6.92 Å². The Kier molecular flexibility index (Phi) is 5.27. The van der Waals surface area contributed by atoms with Crippen molar-refractivity contribution in [2.24, 2.45) is 0 Å². The third-order valence-electron chi connectivity index (χ3n) is 1.77. The van der Waals surface area contributed by atoms with E-state index in [9.17, 15) is 0 Å².